The average Bonchev–Trinajstić information content (AvgIpc) is 2.99. The van der Waals surface area contributed by atoms with E-state index in [-0.39, 0.29) is 18.6 Å². The van der Waals surface area contributed by atoms with Gasteiger partial charge in [-0.05, 0) is 44.1 Å². The molecule has 3 rings (SSSR count). The van der Waals surface area contributed by atoms with E-state index >= 15 is 0 Å². The minimum absolute atomic E-state index is 0.122. The number of aliphatic hydroxyl groups excluding tert-OH is 1. The van der Waals surface area contributed by atoms with E-state index in [1.807, 2.05) is 0 Å². The molecular weight excluding hydrogens is 321 g/mol. The van der Waals surface area contributed by atoms with Crippen molar-refractivity contribution < 1.29 is 14.3 Å². The van der Waals surface area contributed by atoms with Crippen LogP contribution in [-0.4, -0.2) is 33.0 Å². The molecule has 25 heavy (non-hydrogen) atoms. The summed E-state index contributed by atoms with van der Waals surface area (Å²) in [6.07, 6.45) is 6.67. The summed E-state index contributed by atoms with van der Waals surface area (Å²) >= 11 is 0. The van der Waals surface area contributed by atoms with Gasteiger partial charge in [-0.3, -0.25) is 4.79 Å². The number of nitrogens with zero attached hydrogens (tertiary/aromatic N) is 2. The quantitative estimate of drug-likeness (QED) is 0.817. The minimum Gasteiger partial charge on any atom is -0.396 e. The normalized spacial score (nSPS) is 22.1. The fourth-order valence-electron chi connectivity index (χ4n) is 3.95. The second-order valence-corrected chi connectivity index (χ2v) is 7.23. The SMILES string of the molecule is Cc1cc(F)nc2c(C(=O)N[C@H]3CCCC(C(C)CCO)C3)ccn12. The molecule has 0 aromatic carbocycles. The van der Waals surface area contributed by atoms with Gasteiger partial charge in [-0.1, -0.05) is 19.8 Å². The van der Waals surface area contributed by atoms with E-state index in [4.69, 9.17) is 5.11 Å². The Bertz CT molecular complexity index is 758. The van der Waals surface area contributed by atoms with Crippen LogP contribution in [0.5, 0.6) is 0 Å². The van der Waals surface area contributed by atoms with Gasteiger partial charge in [0.05, 0.1) is 5.56 Å². The van der Waals surface area contributed by atoms with Crippen molar-refractivity contribution in [3.05, 3.63) is 35.5 Å². The van der Waals surface area contributed by atoms with Crippen LogP contribution in [-0.2, 0) is 0 Å². The van der Waals surface area contributed by atoms with Gasteiger partial charge >= 0.3 is 0 Å². The van der Waals surface area contributed by atoms with Crippen LogP contribution in [0.15, 0.2) is 18.3 Å². The molecule has 0 bridgehead atoms. The number of carbonyl (C=O) groups is 1. The van der Waals surface area contributed by atoms with Crippen LogP contribution in [0, 0.1) is 24.7 Å². The number of fused-ring (bicyclic) bond motifs is 1. The van der Waals surface area contributed by atoms with E-state index in [1.54, 1.807) is 23.6 Å². The fraction of sp³-hybridized carbons (Fsp3) is 0.579. The van der Waals surface area contributed by atoms with Crippen LogP contribution in [0.2, 0.25) is 0 Å². The van der Waals surface area contributed by atoms with E-state index in [1.165, 1.54) is 6.07 Å². The summed E-state index contributed by atoms with van der Waals surface area (Å²) in [6, 6.07) is 3.17. The molecule has 2 heterocycles. The summed E-state index contributed by atoms with van der Waals surface area (Å²) in [5, 5.41) is 12.2. The van der Waals surface area contributed by atoms with Gasteiger partial charge in [-0.15, -0.1) is 0 Å². The highest BCUT2D eigenvalue weighted by Gasteiger charge is 2.27. The van der Waals surface area contributed by atoms with Gasteiger partial charge in [0.1, 0.15) is 0 Å². The first-order chi connectivity index (χ1) is 12.0. The molecule has 2 aromatic rings. The zero-order valence-corrected chi connectivity index (χ0v) is 14.8. The van der Waals surface area contributed by atoms with E-state index in [0.717, 1.165) is 32.1 Å². The van der Waals surface area contributed by atoms with Crippen LogP contribution in [0.1, 0.15) is 55.1 Å². The second kappa shape index (κ2) is 7.52. The third kappa shape index (κ3) is 3.84. The van der Waals surface area contributed by atoms with Gasteiger partial charge in [0.15, 0.2) is 5.65 Å². The number of aliphatic hydroxyl groups is 1. The largest absolute Gasteiger partial charge is 0.396 e. The molecular formula is C19H26FN3O2. The van der Waals surface area contributed by atoms with Crippen LogP contribution >= 0.6 is 0 Å². The highest BCUT2D eigenvalue weighted by Crippen LogP contribution is 2.32. The maximum atomic E-state index is 13.6. The van der Waals surface area contributed by atoms with Crippen LogP contribution in [0.4, 0.5) is 4.39 Å². The first-order valence-corrected chi connectivity index (χ1v) is 9.05. The average molecular weight is 347 g/mol. The molecule has 3 atom stereocenters. The molecule has 0 aliphatic heterocycles. The lowest BCUT2D eigenvalue weighted by atomic mass is 9.77. The lowest BCUT2D eigenvalue weighted by molar-refractivity contribution is 0.0908. The van der Waals surface area contributed by atoms with E-state index in [9.17, 15) is 9.18 Å². The van der Waals surface area contributed by atoms with Crippen LogP contribution < -0.4 is 5.32 Å². The Morgan fingerprint density at radius 1 is 1.52 bits per heavy atom. The highest BCUT2D eigenvalue weighted by molar-refractivity contribution is 6.00. The van der Waals surface area contributed by atoms with Gasteiger partial charge in [0.2, 0.25) is 5.95 Å². The lowest BCUT2D eigenvalue weighted by Crippen LogP contribution is -2.39. The number of halogens is 1. The number of aryl methyl sites for hydroxylation is 1. The van der Waals surface area contributed by atoms with Gasteiger partial charge in [-0.2, -0.15) is 4.39 Å². The molecule has 0 saturated heterocycles. The fourth-order valence-corrected chi connectivity index (χ4v) is 3.95. The predicted octanol–water partition coefficient (Wildman–Crippen LogP) is 3.09. The monoisotopic (exact) mass is 347 g/mol. The second-order valence-electron chi connectivity index (χ2n) is 7.23. The molecule has 6 heteroatoms. The molecule has 5 nitrogen and oxygen atoms in total. The maximum Gasteiger partial charge on any atom is 0.255 e. The maximum absolute atomic E-state index is 13.6. The summed E-state index contributed by atoms with van der Waals surface area (Å²) in [5.41, 5.74) is 1.47. The Balaban J connectivity index is 1.72. The number of hydrogen-bond donors (Lipinski definition) is 2. The van der Waals surface area contributed by atoms with Gasteiger partial charge < -0.3 is 14.8 Å². The molecule has 2 unspecified atom stereocenters. The van der Waals surface area contributed by atoms with Crippen molar-refractivity contribution in [2.24, 2.45) is 11.8 Å². The zero-order chi connectivity index (χ0) is 18.0. The number of hydrogen-bond acceptors (Lipinski definition) is 3. The molecule has 0 radical (unpaired) electrons. The van der Waals surface area contributed by atoms with Crippen molar-refractivity contribution >= 4 is 11.6 Å². The number of rotatable bonds is 5. The molecule has 1 aliphatic carbocycles. The summed E-state index contributed by atoms with van der Waals surface area (Å²) in [7, 11) is 0. The number of amides is 1. The Morgan fingerprint density at radius 2 is 2.32 bits per heavy atom. The molecule has 136 valence electrons. The van der Waals surface area contributed by atoms with Crippen molar-refractivity contribution in [1.29, 1.82) is 0 Å². The zero-order valence-electron chi connectivity index (χ0n) is 14.8. The first-order valence-electron chi connectivity index (χ1n) is 9.05. The summed E-state index contributed by atoms with van der Waals surface area (Å²) < 4.78 is 15.3. The molecule has 1 fully saturated rings. The third-order valence-corrected chi connectivity index (χ3v) is 5.46. The van der Waals surface area contributed by atoms with E-state index < -0.39 is 5.95 Å². The van der Waals surface area contributed by atoms with Crippen molar-refractivity contribution in [3.8, 4) is 0 Å². The van der Waals surface area contributed by atoms with Crippen LogP contribution in [0.3, 0.4) is 0 Å². The molecule has 2 N–H and O–H groups in total. The number of aromatic nitrogens is 2. The number of nitrogens with one attached hydrogen (secondary N) is 1. The first kappa shape index (κ1) is 17.9. The van der Waals surface area contributed by atoms with Gasteiger partial charge in [0.25, 0.3) is 5.91 Å². The van der Waals surface area contributed by atoms with Crippen molar-refractivity contribution in [2.75, 3.05) is 6.61 Å². The Kier molecular flexibility index (Phi) is 5.37. The third-order valence-electron chi connectivity index (χ3n) is 5.46. The van der Waals surface area contributed by atoms with Gasteiger partial charge in [0, 0.05) is 30.6 Å². The predicted molar refractivity (Wildman–Crippen MR) is 94.0 cm³/mol. The Morgan fingerprint density at radius 3 is 3.08 bits per heavy atom. The van der Waals surface area contributed by atoms with Crippen molar-refractivity contribution in [2.45, 2.75) is 52.0 Å². The van der Waals surface area contributed by atoms with E-state index in [2.05, 4.69) is 17.2 Å². The summed E-state index contributed by atoms with van der Waals surface area (Å²) in [4.78, 5) is 16.6. The van der Waals surface area contributed by atoms with E-state index in [0.29, 0.717) is 28.7 Å². The Hall–Kier alpha value is -1.95. The smallest absolute Gasteiger partial charge is 0.255 e. The molecule has 1 amide bonds. The standard InChI is InChI=1S/C19H26FN3O2/c1-12(7-9-24)14-4-3-5-15(11-14)21-19(25)16-6-8-23-13(2)10-17(20)22-18(16)23/h6,8,10,12,14-15,24H,3-5,7,9,11H2,1-2H3,(H,21,25)/t12?,14?,15-/m0/s1. The topological polar surface area (TPSA) is 66.6 Å². The van der Waals surface area contributed by atoms with Gasteiger partial charge in [-0.25, -0.2) is 4.98 Å². The highest BCUT2D eigenvalue weighted by atomic mass is 19.1. The van der Waals surface area contributed by atoms with Crippen molar-refractivity contribution in [3.63, 3.8) is 0 Å². The molecule has 0 spiro atoms. The number of carbonyl (C=O) groups excluding carboxylic acids is 1. The summed E-state index contributed by atoms with van der Waals surface area (Å²) in [5.74, 6) is 0.210. The molecule has 1 saturated carbocycles. The Labute approximate surface area is 147 Å². The van der Waals surface area contributed by atoms with Crippen LogP contribution in [0.25, 0.3) is 5.65 Å². The summed E-state index contributed by atoms with van der Waals surface area (Å²) in [6.45, 7) is 4.16. The molecule has 1 aliphatic rings. The lowest BCUT2D eigenvalue weighted by Gasteiger charge is -2.33. The molecule has 2 aromatic heterocycles. The van der Waals surface area contributed by atoms with Crippen molar-refractivity contribution in [1.82, 2.24) is 14.7 Å². The minimum atomic E-state index is -0.576.